The zero-order valence-electron chi connectivity index (χ0n) is 24.4. The van der Waals surface area contributed by atoms with Gasteiger partial charge in [-0.05, 0) is 69.5 Å². The lowest BCUT2D eigenvalue weighted by Crippen LogP contribution is -2.37. The van der Waals surface area contributed by atoms with Gasteiger partial charge in [0.05, 0.1) is 23.5 Å². The number of benzene rings is 1. The predicted molar refractivity (Wildman–Crippen MR) is 157 cm³/mol. The number of aromatic nitrogens is 5. The van der Waals surface area contributed by atoms with Gasteiger partial charge in [-0.1, -0.05) is 45.0 Å². The zero-order chi connectivity index (χ0) is 28.8. The van der Waals surface area contributed by atoms with Crippen LogP contribution >= 0.6 is 0 Å². The molecule has 0 radical (unpaired) electrons. The Bertz CT molecular complexity index is 1580. The molecule has 1 aliphatic heterocycles. The summed E-state index contributed by atoms with van der Waals surface area (Å²) in [5.41, 5.74) is 3.52. The number of hydrogen-bond donors (Lipinski definition) is 2. The molecule has 214 valence electrons. The Hall–Kier alpha value is -4.05. The molecule has 1 aromatic carbocycles. The molecule has 1 saturated heterocycles. The molecular weight excluding hydrogens is 516 g/mol. The summed E-state index contributed by atoms with van der Waals surface area (Å²) < 4.78 is 8.66. The van der Waals surface area contributed by atoms with Crippen LogP contribution in [0.25, 0.3) is 5.65 Å². The van der Waals surface area contributed by atoms with Gasteiger partial charge in [-0.3, -0.25) is 14.6 Å². The fourth-order valence-electron chi connectivity index (χ4n) is 6.02. The maximum absolute atomic E-state index is 13.0. The summed E-state index contributed by atoms with van der Waals surface area (Å²) in [5, 5.41) is 15.0. The molecule has 1 aliphatic carbocycles. The number of carbonyl (C=O) groups is 1. The molecular formula is C31H38N8O2. The van der Waals surface area contributed by atoms with Gasteiger partial charge < -0.3 is 10.1 Å². The second kappa shape index (κ2) is 10.4. The molecule has 10 nitrogen and oxygen atoms in total. The van der Waals surface area contributed by atoms with E-state index in [-0.39, 0.29) is 29.1 Å². The molecule has 3 aromatic heterocycles. The lowest BCUT2D eigenvalue weighted by molar-refractivity contribution is 0.170. The van der Waals surface area contributed by atoms with E-state index in [2.05, 4.69) is 87.0 Å². The van der Waals surface area contributed by atoms with Gasteiger partial charge in [-0.15, -0.1) is 10.2 Å². The minimum atomic E-state index is -0.293. The topological polar surface area (TPSA) is 110 Å². The van der Waals surface area contributed by atoms with Crippen LogP contribution in [0.15, 0.2) is 55.0 Å². The van der Waals surface area contributed by atoms with Crippen molar-refractivity contribution in [2.45, 2.75) is 76.5 Å². The SMILES string of the molecule is CN1CCCC1(C)c1nnc2ccc(O[C@@H]3CC[C@H](NC(=O)Nc4cc(C(C)(C)C)ncn4)c4ccccc43)cn12. The largest absolute Gasteiger partial charge is 0.484 e. The van der Waals surface area contributed by atoms with Crippen molar-refractivity contribution in [2.24, 2.45) is 0 Å². The molecule has 2 aliphatic rings. The van der Waals surface area contributed by atoms with Crippen LogP contribution in [0, 0.1) is 0 Å². The number of fused-ring (bicyclic) bond motifs is 2. The van der Waals surface area contributed by atoms with E-state index < -0.39 is 0 Å². The van der Waals surface area contributed by atoms with Gasteiger partial charge in [-0.25, -0.2) is 14.8 Å². The Morgan fingerprint density at radius 1 is 1.07 bits per heavy atom. The monoisotopic (exact) mass is 554 g/mol. The van der Waals surface area contributed by atoms with E-state index >= 15 is 0 Å². The molecule has 6 rings (SSSR count). The van der Waals surface area contributed by atoms with E-state index in [1.165, 1.54) is 6.33 Å². The Morgan fingerprint density at radius 3 is 2.63 bits per heavy atom. The van der Waals surface area contributed by atoms with Gasteiger partial charge in [0.2, 0.25) is 0 Å². The lowest BCUT2D eigenvalue weighted by Gasteiger charge is -2.32. The first-order valence-corrected chi connectivity index (χ1v) is 14.3. The first kappa shape index (κ1) is 27.1. The van der Waals surface area contributed by atoms with Gasteiger partial charge >= 0.3 is 6.03 Å². The standard InChI is InChI=1S/C31H38N8O2/c1-30(2,3)25-17-26(33-19-32-25)35-29(40)34-23-12-13-24(22-10-7-6-9-21(22)23)41-20-11-14-27-36-37-28(39(27)18-20)31(4)15-8-16-38(31)5/h6-7,9-11,14,17-19,23-24H,8,12-13,15-16H2,1-5H3,(H2,32,33,34,35,40)/t23-,24+,31?/m0/s1. The second-order valence-electron chi connectivity index (χ2n) is 12.4. The number of urea groups is 1. The van der Waals surface area contributed by atoms with Crippen molar-refractivity contribution in [1.29, 1.82) is 0 Å². The summed E-state index contributed by atoms with van der Waals surface area (Å²) in [4.78, 5) is 23.9. The molecule has 41 heavy (non-hydrogen) atoms. The molecule has 1 unspecified atom stereocenters. The number of anilines is 1. The minimum Gasteiger partial charge on any atom is -0.484 e. The maximum atomic E-state index is 13.0. The van der Waals surface area contributed by atoms with E-state index in [1.54, 1.807) is 0 Å². The summed E-state index contributed by atoms with van der Waals surface area (Å²) in [7, 11) is 2.15. The van der Waals surface area contributed by atoms with Gasteiger partial charge in [0, 0.05) is 11.5 Å². The van der Waals surface area contributed by atoms with Crippen LogP contribution < -0.4 is 15.4 Å². The van der Waals surface area contributed by atoms with Crippen LogP contribution in [0.2, 0.25) is 0 Å². The van der Waals surface area contributed by atoms with E-state index in [1.807, 2.05) is 36.5 Å². The highest BCUT2D eigenvalue weighted by molar-refractivity contribution is 5.88. The molecule has 10 heteroatoms. The average molecular weight is 555 g/mol. The van der Waals surface area contributed by atoms with Crippen molar-refractivity contribution in [3.05, 3.63) is 77.6 Å². The highest BCUT2D eigenvalue weighted by Gasteiger charge is 2.39. The summed E-state index contributed by atoms with van der Waals surface area (Å²) >= 11 is 0. The van der Waals surface area contributed by atoms with Crippen LogP contribution in [0.3, 0.4) is 0 Å². The molecule has 0 bridgehead atoms. The number of rotatable bonds is 5. The third-order valence-corrected chi connectivity index (χ3v) is 8.55. The molecule has 3 atom stereocenters. The smallest absolute Gasteiger partial charge is 0.320 e. The quantitative estimate of drug-likeness (QED) is 0.334. The van der Waals surface area contributed by atoms with Crippen molar-refractivity contribution in [2.75, 3.05) is 18.9 Å². The predicted octanol–water partition coefficient (Wildman–Crippen LogP) is 5.53. The summed E-state index contributed by atoms with van der Waals surface area (Å²) in [5.74, 6) is 2.19. The zero-order valence-corrected chi connectivity index (χ0v) is 24.4. The van der Waals surface area contributed by atoms with Crippen LogP contribution in [-0.4, -0.2) is 49.1 Å². The number of carbonyl (C=O) groups excluding carboxylic acids is 1. The fraction of sp³-hybridized carbons (Fsp3) is 0.452. The van der Waals surface area contributed by atoms with Crippen LogP contribution in [0.4, 0.5) is 10.6 Å². The van der Waals surface area contributed by atoms with E-state index in [9.17, 15) is 4.79 Å². The van der Waals surface area contributed by atoms with Crippen molar-refractivity contribution in [3.8, 4) is 5.75 Å². The Labute approximate surface area is 240 Å². The Morgan fingerprint density at radius 2 is 1.88 bits per heavy atom. The van der Waals surface area contributed by atoms with Gasteiger partial charge in [-0.2, -0.15) is 0 Å². The van der Waals surface area contributed by atoms with Crippen LogP contribution in [0.1, 0.15) is 88.2 Å². The lowest BCUT2D eigenvalue weighted by atomic mass is 9.85. The van der Waals surface area contributed by atoms with Gasteiger partial charge in [0.15, 0.2) is 11.5 Å². The minimum absolute atomic E-state index is 0.134. The fourth-order valence-corrected chi connectivity index (χ4v) is 6.02. The Balaban J connectivity index is 1.19. The van der Waals surface area contributed by atoms with E-state index in [0.29, 0.717) is 5.82 Å². The first-order valence-electron chi connectivity index (χ1n) is 14.3. The average Bonchev–Trinajstić information content (AvgIpc) is 3.52. The number of pyridine rings is 1. The van der Waals surface area contributed by atoms with Crippen molar-refractivity contribution < 1.29 is 9.53 Å². The van der Waals surface area contributed by atoms with E-state index in [4.69, 9.17) is 4.74 Å². The molecule has 0 saturated carbocycles. The Kier molecular flexibility index (Phi) is 6.89. The highest BCUT2D eigenvalue weighted by Crippen LogP contribution is 2.40. The molecule has 2 amide bonds. The van der Waals surface area contributed by atoms with Crippen LogP contribution in [0.5, 0.6) is 5.75 Å². The van der Waals surface area contributed by atoms with Crippen molar-refractivity contribution in [1.82, 2.24) is 34.8 Å². The summed E-state index contributed by atoms with van der Waals surface area (Å²) in [6.45, 7) is 9.51. The van der Waals surface area contributed by atoms with Crippen molar-refractivity contribution in [3.63, 3.8) is 0 Å². The summed E-state index contributed by atoms with van der Waals surface area (Å²) in [6.07, 6.45) is 7.05. The molecule has 2 N–H and O–H groups in total. The number of likely N-dealkylation sites (tertiary alicyclic amines) is 1. The van der Waals surface area contributed by atoms with E-state index in [0.717, 1.165) is 66.3 Å². The van der Waals surface area contributed by atoms with Crippen LogP contribution in [-0.2, 0) is 11.0 Å². The second-order valence-corrected chi connectivity index (χ2v) is 12.4. The molecule has 4 heterocycles. The number of nitrogens with one attached hydrogen (secondary N) is 2. The molecule has 0 spiro atoms. The number of ether oxygens (including phenoxy) is 1. The molecule has 1 fully saturated rings. The number of nitrogens with zero attached hydrogens (tertiary/aromatic N) is 6. The third kappa shape index (κ3) is 5.24. The van der Waals surface area contributed by atoms with Gasteiger partial charge in [0.25, 0.3) is 0 Å². The number of hydrogen-bond acceptors (Lipinski definition) is 7. The molecule has 4 aromatic rings. The maximum Gasteiger partial charge on any atom is 0.320 e. The number of amides is 2. The first-order chi connectivity index (χ1) is 19.6. The summed E-state index contributed by atoms with van der Waals surface area (Å²) in [6, 6.07) is 13.5. The normalized spacial score (nSPS) is 22.9. The van der Waals surface area contributed by atoms with Crippen molar-refractivity contribution >= 4 is 17.5 Å². The third-order valence-electron chi connectivity index (χ3n) is 8.55. The highest BCUT2D eigenvalue weighted by atomic mass is 16.5. The van der Waals surface area contributed by atoms with Gasteiger partial charge in [0.1, 0.15) is 24.0 Å².